The average molecular weight is 477 g/mol. The molecule has 0 atom stereocenters. The van der Waals surface area contributed by atoms with Crippen LogP contribution >= 0.6 is 0 Å². The molecule has 0 N–H and O–H groups in total. The molecule has 1 fully saturated rings. The van der Waals surface area contributed by atoms with Gasteiger partial charge in [-0.25, -0.2) is 12.4 Å². The summed E-state index contributed by atoms with van der Waals surface area (Å²) in [4.78, 5) is 0.275. The van der Waals surface area contributed by atoms with E-state index < -0.39 is 28.3 Å². The van der Waals surface area contributed by atoms with Gasteiger partial charge in [-0.1, -0.05) is 42.0 Å². The van der Waals surface area contributed by atoms with Crippen molar-refractivity contribution in [1.82, 2.24) is 3.97 Å². The van der Waals surface area contributed by atoms with E-state index in [2.05, 4.69) is 6.08 Å². The van der Waals surface area contributed by atoms with Crippen LogP contribution in [0.3, 0.4) is 0 Å². The lowest BCUT2D eigenvalue weighted by molar-refractivity contribution is 0.00578. The molecule has 5 nitrogen and oxygen atoms in total. The molecule has 0 spiro atoms. The summed E-state index contributed by atoms with van der Waals surface area (Å²) in [6.07, 6.45) is 6.09. The van der Waals surface area contributed by atoms with E-state index in [1.54, 1.807) is 12.1 Å². The van der Waals surface area contributed by atoms with Crippen molar-refractivity contribution in [3.63, 3.8) is 0 Å². The maximum absolute atomic E-state index is 14.2. The molecule has 0 radical (unpaired) electrons. The molecular weight excluding hydrogens is 445 g/mol. The van der Waals surface area contributed by atoms with E-state index in [1.807, 2.05) is 71.0 Å². The number of aromatic nitrogens is 1. The van der Waals surface area contributed by atoms with Gasteiger partial charge in [-0.15, -0.1) is 0 Å². The smallest absolute Gasteiger partial charge is 0.399 e. The van der Waals surface area contributed by atoms with Gasteiger partial charge in [0.05, 0.1) is 27.3 Å². The third-order valence-electron chi connectivity index (χ3n) is 7.51. The maximum atomic E-state index is 14.2. The zero-order chi connectivity index (χ0) is 24.3. The molecule has 0 saturated carbocycles. The Hall–Kier alpha value is -2.35. The first kappa shape index (κ1) is 23.4. The normalized spacial score (nSPS) is 20.0. The standard InChI is InChI=1S/C27H32BNO4S/c1-19-15-17-21(18-16-19)34(30,31)29-23-14-10-9-13-22(23)24(25(29)20-11-7-6-8-12-20)28-32-26(2,3)27(4,5)33-28/h9-11,13-18H,6-8,12H2,1-5H3. The topological polar surface area (TPSA) is 57.5 Å². The number of para-hydroxylation sites is 1. The minimum Gasteiger partial charge on any atom is -0.399 e. The van der Waals surface area contributed by atoms with Gasteiger partial charge in [0.15, 0.2) is 0 Å². The van der Waals surface area contributed by atoms with Gasteiger partial charge in [0, 0.05) is 10.8 Å². The molecule has 178 valence electrons. The van der Waals surface area contributed by atoms with Crippen molar-refractivity contribution in [2.45, 2.75) is 76.4 Å². The van der Waals surface area contributed by atoms with Crippen molar-refractivity contribution in [1.29, 1.82) is 0 Å². The predicted molar refractivity (Wildman–Crippen MR) is 138 cm³/mol. The number of hydrogen-bond acceptors (Lipinski definition) is 4. The molecule has 1 aliphatic heterocycles. The molecule has 0 amide bonds. The van der Waals surface area contributed by atoms with E-state index in [9.17, 15) is 8.42 Å². The Bertz CT molecular complexity index is 1370. The number of rotatable bonds is 4. The fourth-order valence-electron chi connectivity index (χ4n) is 4.86. The van der Waals surface area contributed by atoms with Gasteiger partial charge >= 0.3 is 7.12 Å². The van der Waals surface area contributed by atoms with Crippen molar-refractivity contribution in [2.24, 2.45) is 0 Å². The van der Waals surface area contributed by atoms with Gasteiger partial charge in [-0.05, 0) is 84.1 Å². The number of benzene rings is 2. The highest BCUT2D eigenvalue weighted by Gasteiger charge is 2.53. The Morgan fingerprint density at radius 1 is 0.912 bits per heavy atom. The molecule has 7 heteroatoms. The van der Waals surface area contributed by atoms with Gasteiger partial charge in [0.25, 0.3) is 10.0 Å². The SMILES string of the molecule is Cc1ccc(S(=O)(=O)n2c(C3=CCCCC3)c(B3OC(C)(C)C(C)(C)O3)c3ccccc32)cc1. The van der Waals surface area contributed by atoms with Crippen LogP contribution in [-0.2, 0) is 19.3 Å². The first-order valence-corrected chi connectivity index (χ1v) is 13.5. The van der Waals surface area contributed by atoms with Gasteiger partial charge in [-0.2, -0.15) is 0 Å². The van der Waals surface area contributed by atoms with Crippen molar-refractivity contribution in [2.75, 3.05) is 0 Å². The molecule has 0 unspecified atom stereocenters. The van der Waals surface area contributed by atoms with Crippen LogP contribution in [0.1, 0.15) is 64.6 Å². The highest BCUT2D eigenvalue weighted by Crippen LogP contribution is 2.40. The van der Waals surface area contributed by atoms with E-state index in [0.717, 1.165) is 47.7 Å². The third-order valence-corrected chi connectivity index (χ3v) is 9.24. The number of nitrogens with zero attached hydrogens (tertiary/aromatic N) is 1. The van der Waals surface area contributed by atoms with Crippen LogP contribution in [-0.4, -0.2) is 30.7 Å². The minimum atomic E-state index is -3.86. The highest BCUT2D eigenvalue weighted by atomic mass is 32.2. The molecule has 1 aliphatic carbocycles. The number of aryl methyl sites for hydroxylation is 1. The van der Waals surface area contributed by atoms with Crippen LogP contribution in [0.15, 0.2) is 59.5 Å². The molecule has 3 aromatic rings. The maximum Gasteiger partial charge on any atom is 0.497 e. The summed E-state index contributed by atoms with van der Waals surface area (Å²) in [5, 5.41) is 0.846. The van der Waals surface area contributed by atoms with Gasteiger partial charge in [0.2, 0.25) is 0 Å². The summed E-state index contributed by atoms with van der Waals surface area (Å²) in [6, 6.07) is 14.7. The van der Waals surface area contributed by atoms with E-state index in [-0.39, 0.29) is 4.90 Å². The zero-order valence-electron chi connectivity index (χ0n) is 20.6. The molecular formula is C27H32BNO4S. The van der Waals surface area contributed by atoms with Crippen LogP contribution < -0.4 is 5.46 Å². The van der Waals surface area contributed by atoms with Crippen molar-refractivity contribution >= 4 is 39.1 Å². The fourth-order valence-corrected chi connectivity index (χ4v) is 6.42. The first-order valence-electron chi connectivity index (χ1n) is 12.0. The van der Waals surface area contributed by atoms with E-state index in [1.165, 1.54) is 3.97 Å². The highest BCUT2D eigenvalue weighted by molar-refractivity contribution is 7.90. The summed E-state index contributed by atoms with van der Waals surface area (Å²) < 4.78 is 42.8. The van der Waals surface area contributed by atoms with Crippen LogP contribution in [0.2, 0.25) is 0 Å². The van der Waals surface area contributed by atoms with Crippen molar-refractivity contribution in [3.8, 4) is 0 Å². The monoisotopic (exact) mass is 477 g/mol. The summed E-state index contributed by atoms with van der Waals surface area (Å²) in [5.41, 5.74) is 3.14. The Kier molecular flexibility index (Phi) is 5.58. The second kappa shape index (κ2) is 8.11. The Balaban J connectivity index is 1.83. The molecule has 2 heterocycles. The second-order valence-electron chi connectivity index (χ2n) is 10.4. The first-order chi connectivity index (χ1) is 16.0. The van der Waals surface area contributed by atoms with E-state index >= 15 is 0 Å². The molecule has 2 aromatic carbocycles. The zero-order valence-corrected chi connectivity index (χ0v) is 21.4. The summed E-state index contributed by atoms with van der Waals surface area (Å²) in [7, 11) is -4.53. The number of hydrogen-bond donors (Lipinski definition) is 0. The minimum absolute atomic E-state index is 0.275. The number of allylic oxidation sites excluding steroid dienone is 2. The fraction of sp³-hybridized carbons (Fsp3) is 0.407. The number of fused-ring (bicyclic) bond motifs is 1. The molecule has 1 aromatic heterocycles. The van der Waals surface area contributed by atoms with E-state index in [4.69, 9.17) is 9.31 Å². The second-order valence-corrected chi connectivity index (χ2v) is 12.2. The third kappa shape index (κ3) is 3.65. The van der Waals surface area contributed by atoms with Crippen LogP contribution in [0.25, 0.3) is 16.5 Å². The van der Waals surface area contributed by atoms with Crippen molar-refractivity contribution in [3.05, 3.63) is 65.9 Å². The summed E-state index contributed by atoms with van der Waals surface area (Å²) in [5.74, 6) is 0. The van der Waals surface area contributed by atoms with Gasteiger partial charge in [0.1, 0.15) is 0 Å². The Labute approximate surface area is 203 Å². The van der Waals surface area contributed by atoms with Gasteiger partial charge < -0.3 is 9.31 Å². The summed E-state index contributed by atoms with van der Waals surface area (Å²) >= 11 is 0. The Morgan fingerprint density at radius 3 is 2.18 bits per heavy atom. The van der Waals surface area contributed by atoms with Crippen molar-refractivity contribution < 1.29 is 17.7 Å². The Morgan fingerprint density at radius 2 is 1.56 bits per heavy atom. The predicted octanol–water partition coefficient (Wildman–Crippen LogP) is 5.44. The lowest BCUT2D eigenvalue weighted by Crippen LogP contribution is -2.41. The van der Waals surface area contributed by atoms with Crippen LogP contribution in [0, 0.1) is 6.92 Å². The lowest BCUT2D eigenvalue weighted by Gasteiger charge is -2.32. The lowest BCUT2D eigenvalue weighted by atomic mass is 9.74. The van der Waals surface area contributed by atoms with E-state index in [0.29, 0.717) is 11.2 Å². The largest absolute Gasteiger partial charge is 0.497 e. The average Bonchev–Trinajstić information content (AvgIpc) is 3.25. The van der Waals surface area contributed by atoms with Gasteiger partial charge in [-0.3, -0.25) is 0 Å². The molecule has 2 aliphatic rings. The molecule has 34 heavy (non-hydrogen) atoms. The quantitative estimate of drug-likeness (QED) is 0.470. The summed E-state index contributed by atoms with van der Waals surface area (Å²) in [6.45, 7) is 10.0. The van der Waals surface area contributed by atoms with Crippen LogP contribution in [0.4, 0.5) is 0 Å². The van der Waals surface area contributed by atoms with Crippen LogP contribution in [0.5, 0.6) is 0 Å². The molecule has 1 saturated heterocycles. The molecule has 5 rings (SSSR count). The molecule has 0 bridgehead atoms.